The molecular formula is C15H12O2. The summed E-state index contributed by atoms with van der Waals surface area (Å²) in [7, 11) is 0. The molecule has 0 amide bonds. The van der Waals surface area contributed by atoms with E-state index in [1.807, 2.05) is 24.3 Å². The number of aliphatic hydroxyl groups excluding tert-OH is 1. The minimum atomic E-state index is -0.202. The summed E-state index contributed by atoms with van der Waals surface area (Å²) in [6.07, 6.45) is 1.24. The zero-order valence-electron chi connectivity index (χ0n) is 9.21. The molecule has 1 N–H and O–H groups in total. The molecule has 0 aliphatic carbocycles. The first-order valence-corrected chi connectivity index (χ1v) is 5.33. The van der Waals surface area contributed by atoms with E-state index in [-0.39, 0.29) is 11.5 Å². The van der Waals surface area contributed by atoms with Crippen molar-refractivity contribution >= 4 is 11.5 Å². The van der Waals surface area contributed by atoms with E-state index in [1.54, 1.807) is 36.4 Å². The summed E-state index contributed by atoms with van der Waals surface area (Å²) in [6.45, 7) is 0. The van der Waals surface area contributed by atoms with E-state index in [1.165, 1.54) is 6.08 Å². The van der Waals surface area contributed by atoms with E-state index in [9.17, 15) is 9.90 Å². The topological polar surface area (TPSA) is 37.3 Å². The lowest BCUT2D eigenvalue weighted by atomic mass is 10.1. The zero-order valence-corrected chi connectivity index (χ0v) is 9.21. The molecule has 2 aromatic rings. The van der Waals surface area contributed by atoms with Gasteiger partial charge in [0.25, 0.3) is 0 Å². The number of ketones is 1. The maximum atomic E-state index is 11.8. The number of hydrogen-bond donors (Lipinski definition) is 1. The van der Waals surface area contributed by atoms with Crippen LogP contribution in [0.1, 0.15) is 15.9 Å². The predicted molar refractivity (Wildman–Crippen MR) is 67.8 cm³/mol. The van der Waals surface area contributed by atoms with Gasteiger partial charge >= 0.3 is 0 Å². The quantitative estimate of drug-likeness (QED) is 0.492. The summed E-state index contributed by atoms with van der Waals surface area (Å²) in [6, 6.07) is 17.9. The van der Waals surface area contributed by atoms with Crippen LogP contribution < -0.4 is 0 Å². The minimum Gasteiger partial charge on any atom is -0.507 e. The molecule has 0 saturated heterocycles. The molecule has 0 radical (unpaired) electrons. The molecule has 2 nitrogen and oxygen atoms in total. The number of carbonyl (C=O) groups is 1. The molecule has 0 unspecified atom stereocenters. The number of allylic oxidation sites excluding steroid dienone is 1. The molecule has 0 fully saturated rings. The van der Waals surface area contributed by atoms with E-state index < -0.39 is 0 Å². The van der Waals surface area contributed by atoms with Gasteiger partial charge in [0.1, 0.15) is 5.76 Å². The van der Waals surface area contributed by atoms with Crippen LogP contribution in [0.2, 0.25) is 0 Å². The van der Waals surface area contributed by atoms with Crippen molar-refractivity contribution in [2.45, 2.75) is 0 Å². The van der Waals surface area contributed by atoms with Gasteiger partial charge in [-0.1, -0.05) is 60.7 Å². The van der Waals surface area contributed by atoms with Crippen molar-refractivity contribution < 1.29 is 9.90 Å². The highest BCUT2D eigenvalue weighted by Crippen LogP contribution is 2.12. The number of aliphatic hydroxyl groups is 1. The highest BCUT2D eigenvalue weighted by molar-refractivity contribution is 6.07. The molecular weight excluding hydrogens is 212 g/mol. The van der Waals surface area contributed by atoms with Gasteiger partial charge in [-0.25, -0.2) is 0 Å². The summed E-state index contributed by atoms with van der Waals surface area (Å²) in [5.41, 5.74) is 1.20. The molecule has 17 heavy (non-hydrogen) atoms. The first-order valence-electron chi connectivity index (χ1n) is 5.33. The molecule has 0 heterocycles. The largest absolute Gasteiger partial charge is 0.507 e. The van der Waals surface area contributed by atoms with E-state index in [2.05, 4.69) is 0 Å². The summed E-state index contributed by atoms with van der Waals surface area (Å²) in [4.78, 5) is 11.8. The van der Waals surface area contributed by atoms with Crippen molar-refractivity contribution in [3.63, 3.8) is 0 Å². The van der Waals surface area contributed by atoms with E-state index in [0.717, 1.165) is 0 Å². The van der Waals surface area contributed by atoms with Crippen LogP contribution in [-0.4, -0.2) is 10.9 Å². The van der Waals surface area contributed by atoms with Gasteiger partial charge in [0.05, 0.1) is 0 Å². The Morgan fingerprint density at radius 2 is 1.29 bits per heavy atom. The molecule has 84 valence electrons. The van der Waals surface area contributed by atoms with Crippen LogP contribution in [0, 0.1) is 0 Å². The van der Waals surface area contributed by atoms with Crippen LogP contribution in [-0.2, 0) is 0 Å². The first-order chi connectivity index (χ1) is 8.27. The Kier molecular flexibility index (Phi) is 3.36. The van der Waals surface area contributed by atoms with Crippen LogP contribution in [0.25, 0.3) is 5.76 Å². The molecule has 0 saturated carbocycles. The lowest BCUT2D eigenvalue weighted by Gasteiger charge is -1.99. The second-order valence-corrected chi connectivity index (χ2v) is 3.63. The fourth-order valence-electron chi connectivity index (χ4n) is 1.50. The van der Waals surface area contributed by atoms with Gasteiger partial charge in [-0.3, -0.25) is 4.79 Å². The number of hydrogen-bond acceptors (Lipinski definition) is 2. The Morgan fingerprint density at radius 1 is 0.824 bits per heavy atom. The Labute approximate surface area is 99.8 Å². The third kappa shape index (κ3) is 2.82. The average molecular weight is 224 g/mol. The van der Waals surface area contributed by atoms with E-state index >= 15 is 0 Å². The number of benzene rings is 2. The van der Waals surface area contributed by atoms with E-state index in [0.29, 0.717) is 11.1 Å². The zero-order chi connectivity index (χ0) is 12.1. The highest BCUT2D eigenvalue weighted by atomic mass is 16.3. The smallest absolute Gasteiger partial charge is 0.189 e. The summed E-state index contributed by atoms with van der Waals surface area (Å²) >= 11 is 0. The molecule has 0 bridgehead atoms. The number of rotatable bonds is 3. The third-order valence-electron chi connectivity index (χ3n) is 2.40. The van der Waals surface area contributed by atoms with Crippen LogP contribution >= 0.6 is 0 Å². The average Bonchev–Trinajstić information content (AvgIpc) is 2.40. The van der Waals surface area contributed by atoms with Gasteiger partial charge in [0.15, 0.2) is 5.78 Å². The summed E-state index contributed by atoms with van der Waals surface area (Å²) < 4.78 is 0. The van der Waals surface area contributed by atoms with Crippen molar-refractivity contribution in [2.24, 2.45) is 0 Å². The maximum absolute atomic E-state index is 11.8. The molecule has 2 heteroatoms. The van der Waals surface area contributed by atoms with Crippen molar-refractivity contribution in [2.75, 3.05) is 0 Å². The fourth-order valence-corrected chi connectivity index (χ4v) is 1.50. The fraction of sp³-hybridized carbons (Fsp3) is 0. The summed E-state index contributed by atoms with van der Waals surface area (Å²) in [5, 5.41) is 9.79. The second kappa shape index (κ2) is 5.12. The second-order valence-electron chi connectivity index (χ2n) is 3.63. The lowest BCUT2D eigenvalue weighted by Crippen LogP contribution is -1.95. The molecule has 2 aromatic carbocycles. The van der Waals surface area contributed by atoms with Gasteiger partial charge in [-0.05, 0) is 0 Å². The molecule has 0 spiro atoms. The third-order valence-corrected chi connectivity index (χ3v) is 2.40. The summed E-state index contributed by atoms with van der Waals surface area (Å²) in [5.74, 6) is -0.216. The predicted octanol–water partition coefficient (Wildman–Crippen LogP) is 3.47. The minimum absolute atomic E-state index is 0.0144. The molecule has 0 aromatic heterocycles. The van der Waals surface area contributed by atoms with Crippen LogP contribution in [0.3, 0.4) is 0 Å². The first kappa shape index (κ1) is 11.1. The van der Waals surface area contributed by atoms with Crippen molar-refractivity contribution in [1.29, 1.82) is 0 Å². The molecule has 0 atom stereocenters. The van der Waals surface area contributed by atoms with Gasteiger partial charge in [0, 0.05) is 17.2 Å². The molecule has 0 aliphatic heterocycles. The van der Waals surface area contributed by atoms with Crippen molar-refractivity contribution in [3.05, 3.63) is 77.9 Å². The van der Waals surface area contributed by atoms with Crippen LogP contribution in [0.5, 0.6) is 0 Å². The van der Waals surface area contributed by atoms with Gasteiger partial charge in [-0.15, -0.1) is 0 Å². The Balaban J connectivity index is 2.24. The van der Waals surface area contributed by atoms with Gasteiger partial charge in [0.2, 0.25) is 0 Å². The standard InChI is InChI=1S/C15H12O2/c16-14(12-7-3-1-4-8-12)11-15(17)13-9-5-2-6-10-13/h1-11,16H. The normalized spacial score (nSPS) is 11.2. The Morgan fingerprint density at radius 3 is 1.82 bits per heavy atom. The van der Waals surface area contributed by atoms with Crippen LogP contribution in [0.15, 0.2) is 66.7 Å². The highest BCUT2D eigenvalue weighted by Gasteiger charge is 2.04. The Bertz CT molecular complexity index is 527. The molecule has 2 rings (SSSR count). The maximum Gasteiger partial charge on any atom is 0.189 e. The van der Waals surface area contributed by atoms with Crippen molar-refractivity contribution in [3.8, 4) is 0 Å². The van der Waals surface area contributed by atoms with Crippen molar-refractivity contribution in [1.82, 2.24) is 0 Å². The SMILES string of the molecule is O=C(C=C(O)c1ccccc1)c1ccccc1. The van der Waals surface area contributed by atoms with Crippen LogP contribution in [0.4, 0.5) is 0 Å². The van der Waals surface area contributed by atoms with Gasteiger partial charge < -0.3 is 5.11 Å². The van der Waals surface area contributed by atoms with Gasteiger partial charge in [-0.2, -0.15) is 0 Å². The number of carbonyl (C=O) groups excluding carboxylic acids is 1. The van der Waals surface area contributed by atoms with E-state index in [4.69, 9.17) is 0 Å². The Hall–Kier alpha value is -2.35. The monoisotopic (exact) mass is 224 g/mol. The molecule has 0 aliphatic rings. The lowest BCUT2D eigenvalue weighted by molar-refractivity contribution is 0.104.